The summed E-state index contributed by atoms with van der Waals surface area (Å²) in [5.74, 6) is 0.128. The standard InChI is InChI=1S/C22H28O4Se/c1-21(2)15-12-13-22(21,3)19(24)17(15)27-18(20(25)26-4)16(23)11-10-14-8-6-5-7-9-14/h5-11,15-18,23H,12-13H2,1-4H3/b11-10+/t15-,16+,17+,18+,22+/m1/s1. The maximum atomic E-state index is 13.1. The molecule has 0 aromatic heterocycles. The van der Waals surface area contributed by atoms with Gasteiger partial charge in [-0.25, -0.2) is 0 Å². The van der Waals surface area contributed by atoms with Crippen molar-refractivity contribution in [3.63, 3.8) is 0 Å². The number of esters is 1. The van der Waals surface area contributed by atoms with Gasteiger partial charge < -0.3 is 0 Å². The van der Waals surface area contributed by atoms with E-state index in [2.05, 4.69) is 20.8 Å². The molecule has 0 amide bonds. The van der Waals surface area contributed by atoms with Crippen molar-refractivity contribution in [1.82, 2.24) is 0 Å². The molecule has 4 nitrogen and oxygen atoms in total. The molecule has 1 aromatic rings. The van der Waals surface area contributed by atoms with Gasteiger partial charge >= 0.3 is 167 Å². The Hall–Kier alpha value is -1.42. The zero-order chi connectivity index (χ0) is 19.8. The Morgan fingerprint density at radius 3 is 2.52 bits per heavy atom. The predicted molar refractivity (Wildman–Crippen MR) is 106 cm³/mol. The van der Waals surface area contributed by atoms with Gasteiger partial charge in [0.1, 0.15) is 0 Å². The molecule has 0 spiro atoms. The number of aliphatic hydroxyl groups is 1. The molecular weight excluding hydrogens is 407 g/mol. The van der Waals surface area contributed by atoms with Crippen LogP contribution in [0.1, 0.15) is 39.2 Å². The fraction of sp³-hybridized carbons (Fsp3) is 0.545. The molecule has 2 saturated carbocycles. The van der Waals surface area contributed by atoms with Crippen LogP contribution in [0.3, 0.4) is 0 Å². The van der Waals surface area contributed by atoms with Gasteiger partial charge in [-0.15, -0.1) is 0 Å². The van der Waals surface area contributed by atoms with E-state index in [0.29, 0.717) is 0 Å². The Balaban J connectivity index is 1.79. The monoisotopic (exact) mass is 436 g/mol. The number of carbonyl (C=O) groups is 2. The maximum absolute atomic E-state index is 13.1. The van der Waals surface area contributed by atoms with Crippen molar-refractivity contribution in [2.45, 2.75) is 49.3 Å². The van der Waals surface area contributed by atoms with E-state index in [9.17, 15) is 14.7 Å². The average molecular weight is 435 g/mol. The van der Waals surface area contributed by atoms with Gasteiger partial charge in [-0.3, -0.25) is 0 Å². The van der Waals surface area contributed by atoms with Crippen LogP contribution in [-0.4, -0.2) is 45.0 Å². The molecule has 1 aromatic carbocycles. The fourth-order valence-corrected chi connectivity index (χ4v) is 8.41. The first-order valence-corrected chi connectivity index (χ1v) is 11.4. The van der Waals surface area contributed by atoms with Gasteiger partial charge in [-0.05, 0) is 0 Å². The van der Waals surface area contributed by atoms with Crippen LogP contribution in [0.25, 0.3) is 6.08 Å². The van der Waals surface area contributed by atoms with Crippen LogP contribution in [0, 0.1) is 16.7 Å². The summed E-state index contributed by atoms with van der Waals surface area (Å²) in [4.78, 5) is 24.7. The van der Waals surface area contributed by atoms with Crippen LogP contribution < -0.4 is 0 Å². The minimum atomic E-state index is -0.958. The first kappa shape index (κ1) is 20.3. The van der Waals surface area contributed by atoms with E-state index in [1.807, 2.05) is 36.4 Å². The molecule has 146 valence electrons. The van der Waals surface area contributed by atoms with E-state index < -0.39 is 16.9 Å². The summed E-state index contributed by atoms with van der Waals surface area (Å²) in [6.45, 7) is 6.43. The van der Waals surface area contributed by atoms with E-state index in [-0.39, 0.29) is 42.3 Å². The van der Waals surface area contributed by atoms with Crippen molar-refractivity contribution in [3.8, 4) is 0 Å². The summed E-state index contributed by atoms with van der Waals surface area (Å²) < 4.78 is 4.96. The zero-order valence-electron chi connectivity index (χ0n) is 16.3. The van der Waals surface area contributed by atoms with Crippen molar-refractivity contribution in [2.24, 2.45) is 16.7 Å². The number of methoxy groups -OCH3 is 1. The van der Waals surface area contributed by atoms with E-state index in [4.69, 9.17) is 4.74 Å². The Bertz CT molecular complexity index is 742. The number of Topliss-reactive ketones (excluding diaryl/α,β-unsaturated/α-hetero) is 1. The van der Waals surface area contributed by atoms with Gasteiger partial charge in [0, 0.05) is 0 Å². The van der Waals surface area contributed by atoms with Gasteiger partial charge in [-0.2, -0.15) is 0 Å². The van der Waals surface area contributed by atoms with E-state index >= 15 is 0 Å². The molecule has 2 aliphatic carbocycles. The third-order valence-corrected chi connectivity index (χ3v) is 10.2. The molecule has 2 bridgehead atoms. The van der Waals surface area contributed by atoms with Crippen molar-refractivity contribution in [2.75, 3.05) is 7.11 Å². The number of ether oxygens (including phenoxy) is 1. The molecule has 5 heteroatoms. The second kappa shape index (κ2) is 7.54. The number of benzene rings is 1. The Kier molecular flexibility index (Phi) is 5.67. The summed E-state index contributed by atoms with van der Waals surface area (Å²) in [7, 11) is 1.34. The Morgan fingerprint density at radius 2 is 1.96 bits per heavy atom. The number of hydrogen-bond donors (Lipinski definition) is 1. The van der Waals surface area contributed by atoms with Crippen molar-refractivity contribution < 1.29 is 19.4 Å². The summed E-state index contributed by atoms with van der Waals surface area (Å²) in [5, 5.41) is 10.7. The quantitative estimate of drug-likeness (QED) is 0.549. The average Bonchev–Trinajstić information content (AvgIpc) is 2.97. The van der Waals surface area contributed by atoms with Crippen LogP contribution in [0.4, 0.5) is 0 Å². The number of aliphatic hydroxyl groups excluding tert-OH is 1. The van der Waals surface area contributed by atoms with Crippen LogP contribution in [-0.2, 0) is 14.3 Å². The second-order valence-corrected chi connectivity index (χ2v) is 11.0. The van der Waals surface area contributed by atoms with E-state index in [1.165, 1.54) is 7.11 Å². The van der Waals surface area contributed by atoms with Crippen LogP contribution in [0.2, 0.25) is 9.63 Å². The fourth-order valence-electron chi connectivity index (χ4n) is 4.58. The minimum absolute atomic E-state index is 0.0536. The molecule has 0 radical (unpaired) electrons. The normalized spacial score (nSPS) is 31.2. The molecule has 0 saturated heterocycles. The molecule has 0 unspecified atom stereocenters. The number of rotatable bonds is 6. The van der Waals surface area contributed by atoms with Crippen LogP contribution >= 0.6 is 0 Å². The van der Waals surface area contributed by atoms with Gasteiger partial charge in [-0.1, -0.05) is 0 Å². The molecule has 27 heavy (non-hydrogen) atoms. The van der Waals surface area contributed by atoms with Crippen LogP contribution in [0.5, 0.6) is 0 Å². The topological polar surface area (TPSA) is 63.6 Å². The zero-order valence-corrected chi connectivity index (χ0v) is 18.1. The Morgan fingerprint density at radius 1 is 1.30 bits per heavy atom. The van der Waals surface area contributed by atoms with E-state index in [1.54, 1.807) is 6.08 Å². The molecule has 2 fully saturated rings. The summed E-state index contributed by atoms with van der Waals surface area (Å²) >= 11 is -0.356. The van der Waals surface area contributed by atoms with Crippen molar-refractivity contribution in [3.05, 3.63) is 42.0 Å². The van der Waals surface area contributed by atoms with Crippen LogP contribution in [0.15, 0.2) is 36.4 Å². The molecule has 0 aliphatic heterocycles. The number of carbonyl (C=O) groups excluding carboxylic acids is 2. The summed E-state index contributed by atoms with van der Waals surface area (Å²) in [6, 6.07) is 9.64. The van der Waals surface area contributed by atoms with Gasteiger partial charge in [0.05, 0.1) is 0 Å². The van der Waals surface area contributed by atoms with Gasteiger partial charge in [0.15, 0.2) is 0 Å². The molecule has 2 aliphatic rings. The molecule has 3 rings (SSSR count). The molecule has 1 N–H and O–H groups in total. The predicted octanol–water partition coefficient (Wildman–Crippen LogP) is 3.54. The SMILES string of the molecule is COC(=O)[C@@H]([Se][C@@H]1C(=O)[C@]2(C)CC[C@H]1C2(C)C)[C@@H](O)/C=C/c1ccccc1. The first-order chi connectivity index (χ1) is 12.7. The number of ketones is 1. The van der Waals surface area contributed by atoms with Gasteiger partial charge in [0.25, 0.3) is 0 Å². The summed E-state index contributed by atoms with van der Waals surface area (Å²) in [5.41, 5.74) is 0.592. The van der Waals surface area contributed by atoms with Crippen molar-refractivity contribution in [1.29, 1.82) is 0 Å². The summed E-state index contributed by atoms with van der Waals surface area (Å²) in [6.07, 6.45) is 4.44. The van der Waals surface area contributed by atoms with Gasteiger partial charge in [0.2, 0.25) is 0 Å². The molecular formula is C22H28O4Se. The molecule has 5 atom stereocenters. The molecule has 0 heterocycles. The van der Waals surface area contributed by atoms with E-state index in [0.717, 1.165) is 18.4 Å². The third kappa shape index (κ3) is 3.41. The second-order valence-electron chi connectivity index (χ2n) is 8.32. The third-order valence-electron chi connectivity index (χ3n) is 6.79. The van der Waals surface area contributed by atoms with Crippen molar-refractivity contribution >= 4 is 32.8 Å². The number of hydrogen-bond acceptors (Lipinski definition) is 4. The number of fused-ring (bicyclic) bond motifs is 2. The first-order valence-electron chi connectivity index (χ1n) is 9.41. The Labute approximate surface area is 167 Å².